The molecule has 5 nitrogen and oxygen atoms in total. The lowest BCUT2D eigenvalue weighted by molar-refractivity contribution is -0.127. The van der Waals surface area contributed by atoms with E-state index in [2.05, 4.69) is 21.2 Å². The van der Waals surface area contributed by atoms with Crippen molar-refractivity contribution in [2.45, 2.75) is 45.7 Å². The molecule has 16 heavy (non-hydrogen) atoms. The molecule has 1 atom stereocenters. The molecule has 7 heteroatoms. The predicted octanol–water partition coefficient (Wildman–Crippen LogP) is 1.84. The van der Waals surface area contributed by atoms with Gasteiger partial charge >= 0.3 is 0 Å². The molecule has 0 amide bonds. The zero-order valence-corrected chi connectivity index (χ0v) is 12.8. The van der Waals surface area contributed by atoms with E-state index in [1.165, 1.54) is 23.1 Å². The Balaban J connectivity index is 0. The molecule has 1 saturated heterocycles. The number of rotatable bonds is 2. The summed E-state index contributed by atoms with van der Waals surface area (Å²) in [5, 5.41) is 24.7. The van der Waals surface area contributed by atoms with Gasteiger partial charge in [-0.3, -0.25) is 0 Å². The van der Waals surface area contributed by atoms with E-state index >= 15 is 0 Å². The highest BCUT2D eigenvalue weighted by molar-refractivity contribution is 14.2. The molecule has 0 bridgehead atoms. The summed E-state index contributed by atoms with van der Waals surface area (Å²) in [6, 6.07) is 0. The van der Waals surface area contributed by atoms with Crippen molar-refractivity contribution in [2.24, 2.45) is 0 Å². The maximum absolute atomic E-state index is 8.51. The average Bonchev–Trinajstić information content (AvgIpc) is 2.55. The minimum absolute atomic E-state index is 0.454. The van der Waals surface area contributed by atoms with Crippen LogP contribution in [0.2, 0.25) is 0 Å². The fraction of sp³-hybridized carbons (Fsp3) is 1.00. The monoisotopic (exact) mass is 368 g/mol. The van der Waals surface area contributed by atoms with Crippen LogP contribution in [0.4, 0.5) is 0 Å². The van der Waals surface area contributed by atoms with Gasteiger partial charge in [0, 0.05) is 34.2 Å². The summed E-state index contributed by atoms with van der Waals surface area (Å²) in [7, 11) is 1.37. The van der Waals surface area contributed by atoms with E-state index in [1.807, 2.05) is 6.92 Å². The Hall–Kier alpha value is 0.880. The van der Waals surface area contributed by atoms with Crippen LogP contribution in [-0.2, 0) is 8.92 Å². The molecular weight excluding hydrogens is 347 g/mol. The van der Waals surface area contributed by atoms with E-state index in [9.17, 15) is 0 Å². The second kappa shape index (κ2) is 12.3. The first-order chi connectivity index (χ1) is 7.31. The van der Waals surface area contributed by atoms with Crippen LogP contribution in [0, 0.1) is 0 Å². The standard InChI is InChI=1S/C4H8O2.C3H8O2.C2H5IOS/c5-4-2-1-3-6-4;1-3(2,4)5;1-2-4-5-3/h4-5H,1-3H2;4-5H,1-2H3;2H2,1H3. The molecule has 3 N–H and O–H groups in total. The third-order valence-electron chi connectivity index (χ3n) is 1.07. The van der Waals surface area contributed by atoms with Gasteiger partial charge in [-0.05, 0) is 27.2 Å². The molecule has 1 aliphatic rings. The first kappa shape index (κ1) is 19.2. The molecule has 0 aromatic heterocycles. The Labute approximate surface area is 113 Å². The van der Waals surface area contributed by atoms with Crippen LogP contribution in [0.25, 0.3) is 0 Å². The van der Waals surface area contributed by atoms with E-state index in [0.29, 0.717) is 0 Å². The summed E-state index contributed by atoms with van der Waals surface area (Å²) in [5.41, 5.74) is 0. The summed E-state index contributed by atoms with van der Waals surface area (Å²) in [6.45, 7) is 6.10. The van der Waals surface area contributed by atoms with Crippen LogP contribution >= 0.6 is 30.4 Å². The average molecular weight is 368 g/mol. The number of ether oxygens (including phenoxy) is 1. The highest BCUT2D eigenvalue weighted by Gasteiger charge is 2.09. The minimum Gasteiger partial charge on any atom is -0.368 e. The largest absolute Gasteiger partial charge is 0.368 e. The predicted molar refractivity (Wildman–Crippen MR) is 72.9 cm³/mol. The summed E-state index contributed by atoms with van der Waals surface area (Å²) in [6.07, 6.45) is 1.38. The van der Waals surface area contributed by atoms with Crippen LogP contribution in [0.5, 0.6) is 0 Å². The third kappa shape index (κ3) is 29.4. The van der Waals surface area contributed by atoms with Crippen molar-refractivity contribution in [3.63, 3.8) is 0 Å². The molecule has 1 aliphatic heterocycles. The molecule has 0 aromatic rings. The quantitative estimate of drug-likeness (QED) is 0.392. The Morgan fingerprint density at radius 3 is 2.06 bits per heavy atom. The lowest BCUT2D eigenvalue weighted by Crippen LogP contribution is -2.15. The number of aliphatic hydroxyl groups excluding tert-OH is 1. The smallest absolute Gasteiger partial charge is 0.156 e. The number of hydrogen-bond acceptors (Lipinski definition) is 6. The first-order valence-corrected chi connectivity index (χ1v) is 8.24. The summed E-state index contributed by atoms with van der Waals surface area (Å²) >= 11 is 2.08. The lowest BCUT2D eigenvalue weighted by Gasteiger charge is -2.03. The maximum Gasteiger partial charge on any atom is 0.156 e. The normalized spacial score (nSPS) is 19.3. The van der Waals surface area contributed by atoms with Gasteiger partial charge in [0.25, 0.3) is 0 Å². The summed E-state index contributed by atoms with van der Waals surface area (Å²) < 4.78 is 9.44. The van der Waals surface area contributed by atoms with Crippen LogP contribution in [0.1, 0.15) is 33.6 Å². The van der Waals surface area contributed by atoms with Crippen LogP contribution in [-0.4, -0.2) is 40.6 Å². The Bertz CT molecular complexity index is 128. The molecule has 1 fully saturated rings. The second-order valence-electron chi connectivity index (χ2n) is 3.43. The van der Waals surface area contributed by atoms with E-state index in [0.717, 1.165) is 26.1 Å². The number of halogens is 1. The zero-order valence-electron chi connectivity index (χ0n) is 9.85. The summed E-state index contributed by atoms with van der Waals surface area (Å²) in [5.74, 6) is -1.50. The molecule has 100 valence electrons. The van der Waals surface area contributed by atoms with Crippen LogP contribution < -0.4 is 0 Å². The van der Waals surface area contributed by atoms with Gasteiger partial charge in [-0.25, -0.2) is 0 Å². The van der Waals surface area contributed by atoms with Crippen LogP contribution in [0.3, 0.4) is 0 Å². The van der Waals surface area contributed by atoms with Gasteiger partial charge in [0.15, 0.2) is 12.1 Å². The molecule has 0 radical (unpaired) electrons. The lowest BCUT2D eigenvalue weighted by atomic mass is 10.4. The molecular formula is C9H21IO5S. The Morgan fingerprint density at radius 1 is 1.50 bits per heavy atom. The molecule has 0 aromatic carbocycles. The van der Waals surface area contributed by atoms with Gasteiger partial charge in [0.2, 0.25) is 0 Å². The molecule has 0 aliphatic carbocycles. The van der Waals surface area contributed by atoms with Crippen molar-refractivity contribution in [2.75, 3.05) is 13.2 Å². The van der Waals surface area contributed by atoms with Gasteiger partial charge < -0.3 is 24.2 Å². The van der Waals surface area contributed by atoms with E-state index < -0.39 is 12.1 Å². The molecule has 1 unspecified atom stereocenters. The van der Waals surface area contributed by atoms with E-state index in [-0.39, 0.29) is 0 Å². The van der Waals surface area contributed by atoms with Crippen molar-refractivity contribution in [3.8, 4) is 0 Å². The van der Waals surface area contributed by atoms with Gasteiger partial charge in [-0.2, -0.15) is 0 Å². The van der Waals surface area contributed by atoms with Crippen molar-refractivity contribution in [3.05, 3.63) is 0 Å². The first-order valence-electron chi connectivity index (χ1n) is 4.95. The van der Waals surface area contributed by atoms with E-state index in [4.69, 9.17) is 24.2 Å². The van der Waals surface area contributed by atoms with Gasteiger partial charge in [-0.1, -0.05) is 0 Å². The molecule has 0 saturated carbocycles. The molecule has 1 heterocycles. The SMILES string of the molecule is CC(C)(O)O.CCOSI.OC1CCCO1. The van der Waals surface area contributed by atoms with Crippen LogP contribution in [0.15, 0.2) is 0 Å². The van der Waals surface area contributed by atoms with Crippen molar-refractivity contribution >= 4 is 30.4 Å². The van der Waals surface area contributed by atoms with Gasteiger partial charge in [0.1, 0.15) is 0 Å². The number of hydrogen-bond donors (Lipinski definition) is 3. The third-order valence-corrected chi connectivity index (χ3v) is 2.16. The molecule has 1 rings (SSSR count). The fourth-order valence-corrected chi connectivity index (χ4v) is 1.46. The van der Waals surface area contributed by atoms with Crippen molar-refractivity contribution in [1.29, 1.82) is 0 Å². The number of aliphatic hydroxyl groups is 3. The minimum atomic E-state index is -1.50. The fourth-order valence-electron chi connectivity index (χ4n) is 0.605. The van der Waals surface area contributed by atoms with Gasteiger partial charge in [0.05, 0.1) is 15.8 Å². The van der Waals surface area contributed by atoms with Crippen molar-refractivity contribution in [1.82, 2.24) is 0 Å². The highest BCUT2D eigenvalue weighted by Crippen LogP contribution is 2.10. The van der Waals surface area contributed by atoms with Gasteiger partial charge in [-0.15, -0.1) is 0 Å². The van der Waals surface area contributed by atoms with E-state index in [1.54, 1.807) is 0 Å². The Kier molecular flexibility index (Phi) is 14.8. The Morgan fingerprint density at radius 2 is 2.00 bits per heavy atom. The zero-order chi connectivity index (χ0) is 13.0. The topological polar surface area (TPSA) is 79.2 Å². The second-order valence-corrected chi connectivity index (χ2v) is 4.87. The summed E-state index contributed by atoms with van der Waals surface area (Å²) in [4.78, 5) is 0. The maximum atomic E-state index is 8.51. The van der Waals surface area contributed by atoms with Crippen molar-refractivity contribution < 1.29 is 24.2 Å². The molecule has 0 spiro atoms. The highest BCUT2D eigenvalue weighted by atomic mass is 127.